The number of carbonyl (C=O) groups excluding carboxylic acids is 1. The maximum atomic E-state index is 13.0. The van der Waals surface area contributed by atoms with Gasteiger partial charge in [-0.05, 0) is 80.4 Å². The van der Waals surface area contributed by atoms with E-state index in [1.165, 1.54) is 0 Å². The largest absolute Gasteiger partial charge is 0.481 e. The topological polar surface area (TPSA) is 113 Å². The van der Waals surface area contributed by atoms with E-state index in [0.29, 0.717) is 34.9 Å². The lowest BCUT2D eigenvalue weighted by molar-refractivity contribution is -0.137. The van der Waals surface area contributed by atoms with Crippen molar-refractivity contribution >= 4 is 29.2 Å². The van der Waals surface area contributed by atoms with Crippen LogP contribution in [0.2, 0.25) is 5.02 Å². The Morgan fingerprint density at radius 1 is 1.25 bits per heavy atom. The fraction of sp³-hybridized carbons (Fsp3) is 0.607. The van der Waals surface area contributed by atoms with Crippen LogP contribution < -0.4 is 5.32 Å². The molecule has 1 aromatic heterocycles. The minimum absolute atomic E-state index is 0.0444. The van der Waals surface area contributed by atoms with Gasteiger partial charge in [0, 0.05) is 36.8 Å². The highest BCUT2D eigenvalue weighted by atomic mass is 35.5. The number of carbonyl (C=O) groups is 2. The van der Waals surface area contributed by atoms with Gasteiger partial charge in [-0.2, -0.15) is 0 Å². The average Bonchev–Trinajstić information content (AvgIpc) is 3.54. The number of aryl methyl sites for hydroxylation is 1. The van der Waals surface area contributed by atoms with E-state index in [1.807, 2.05) is 13.0 Å². The zero-order chi connectivity index (χ0) is 26.0. The Morgan fingerprint density at radius 2 is 1.97 bits per heavy atom. The molecule has 2 aliphatic carbocycles. The quantitative estimate of drug-likeness (QED) is 0.301. The zero-order valence-corrected chi connectivity index (χ0v) is 22.1. The lowest BCUT2D eigenvalue weighted by Crippen LogP contribution is -2.29. The summed E-state index contributed by atoms with van der Waals surface area (Å²) in [7, 11) is 0. The number of aliphatic hydroxyl groups excluding tert-OH is 1. The van der Waals surface area contributed by atoms with Gasteiger partial charge in [0.2, 0.25) is 5.91 Å². The standard InChI is InChI=1S/C28H37ClN2O5/c1-16-4-8-22(21(29)10-16)30-23(33)13-19(7-9-24(34)35)26-25(18-5-6-18)27(36-31-26)20-11-17(12-20)14-28(2,3)15-32/h4,8,10,17-20,32H,5-7,9,11-15H2,1-3H3,(H,30,33)(H,34,35)/t17-,19-,20+/m0/s1. The molecule has 2 aliphatic rings. The molecule has 196 valence electrons. The predicted octanol–water partition coefficient (Wildman–Crippen LogP) is 6.39. The molecule has 4 rings (SSSR count). The summed E-state index contributed by atoms with van der Waals surface area (Å²) in [6.45, 7) is 6.28. The van der Waals surface area contributed by atoms with Crippen molar-refractivity contribution in [2.45, 2.75) is 89.9 Å². The zero-order valence-electron chi connectivity index (χ0n) is 21.3. The number of hydrogen-bond acceptors (Lipinski definition) is 5. The summed E-state index contributed by atoms with van der Waals surface area (Å²) >= 11 is 6.29. The molecule has 7 nitrogen and oxygen atoms in total. The molecular formula is C28H37ClN2O5. The number of halogens is 1. The highest BCUT2D eigenvalue weighted by molar-refractivity contribution is 6.33. The van der Waals surface area contributed by atoms with Crippen molar-refractivity contribution in [1.29, 1.82) is 0 Å². The molecule has 0 unspecified atom stereocenters. The van der Waals surface area contributed by atoms with E-state index < -0.39 is 5.97 Å². The first-order chi connectivity index (χ1) is 17.1. The van der Waals surface area contributed by atoms with Gasteiger partial charge < -0.3 is 20.1 Å². The van der Waals surface area contributed by atoms with Crippen molar-refractivity contribution in [1.82, 2.24) is 5.16 Å². The Kier molecular flexibility index (Phi) is 8.10. The van der Waals surface area contributed by atoms with Gasteiger partial charge in [-0.3, -0.25) is 9.59 Å². The average molecular weight is 517 g/mol. The highest BCUT2D eigenvalue weighted by Crippen LogP contribution is 2.53. The molecule has 0 radical (unpaired) electrons. The minimum atomic E-state index is -0.896. The van der Waals surface area contributed by atoms with E-state index in [9.17, 15) is 19.8 Å². The summed E-state index contributed by atoms with van der Waals surface area (Å²) in [6.07, 6.45) is 5.49. The molecule has 2 aromatic rings. The lowest BCUT2D eigenvalue weighted by Gasteiger charge is -2.38. The first-order valence-electron chi connectivity index (χ1n) is 12.9. The molecule has 0 spiro atoms. The molecule has 36 heavy (non-hydrogen) atoms. The van der Waals surface area contributed by atoms with Crippen LogP contribution in [0.4, 0.5) is 5.69 Å². The first kappa shape index (κ1) is 26.7. The number of hydrogen-bond donors (Lipinski definition) is 3. The van der Waals surface area contributed by atoms with Crippen LogP contribution in [0.15, 0.2) is 22.7 Å². The van der Waals surface area contributed by atoms with Crippen LogP contribution in [0, 0.1) is 18.3 Å². The SMILES string of the molecule is Cc1ccc(NC(=O)C[C@H](CCC(=O)O)c2noc([C@H]3C[C@@H](CC(C)(C)CO)C3)c2C2CC2)c(Cl)c1. The number of aliphatic hydroxyl groups is 1. The molecule has 1 aromatic carbocycles. The summed E-state index contributed by atoms with van der Waals surface area (Å²) in [5.74, 6) is 0.670. The normalized spacial score (nSPS) is 20.6. The van der Waals surface area contributed by atoms with Crippen LogP contribution in [0.1, 0.15) is 106 Å². The molecule has 1 atom stereocenters. The van der Waals surface area contributed by atoms with Gasteiger partial charge in [0.25, 0.3) is 0 Å². The van der Waals surface area contributed by atoms with Crippen molar-refractivity contribution in [3.63, 3.8) is 0 Å². The van der Waals surface area contributed by atoms with Crippen LogP contribution in [-0.2, 0) is 9.59 Å². The number of carboxylic acid groups (broad SMARTS) is 1. The monoisotopic (exact) mass is 516 g/mol. The Hall–Kier alpha value is -2.38. The van der Waals surface area contributed by atoms with Gasteiger partial charge in [0.1, 0.15) is 5.76 Å². The molecular weight excluding hydrogens is 480 g/mol. The van der Waals surface area contributed by atoms with Crippen LogP contribution in [-0.4, -0.2) is 33.9 Å². The van der Waals surface area contributed by atoms with E-state index >= 15 is 0 Å². The number of anilines is 1. The number of nitrogens with zero attached hydrogens (tertiary/aromatic N) is 1. The molecule has 1 heterocycles. The van der Waals surface area contributed by atoms with Crippen LogP contribution in [0.25, 0.3) is 0 Å². The van der Waals surface area contributed by atoms with Gasteiger partial charge in [-0.15, -0.1) is 0 Å². The number of aromatic nitrogens is 1. The molecule has 0 aliphatic heterocycles. The van der Waals surface area contributed by atoms with E-state index in [1.54, 1.807) is 12.1 Å². The molecule has 1 amide bonds. The third-order valence-electron chi connectivity index (χ3n) is 7.57. The summed E-state index contributed by atoms with van der Waals surface area (Å²) in [6, 6.07) is 5.45. The number of carboxylic acids is 1. The maximum absolute atomic E-state index is 13.0. The van der Waals surface area contributed by atoms with E-state index in [2.05, 4.69) is 24.3 Å². The van der Waals surface area contributed by atoms with Gasteiger partial charge in [-0.1, -0.05) is 36.7 Å². The van der Waals surface area contributed by atoms with Gasteiger partial charge in [0.15, 0.2) is 0 Å². The Bertz CT molecular complexity index is 1100. The van der Waals surface area contributed by atoms with Crippen molar-refractivity contribution in [3.05, 3.63) is 45.8 Å². The Labute approximate surface area is 217 Å². The maximum Gasteiger partial charge on any atom is 0.303 e. The number of aliphatic carboxylic acids is 1. The Morgan fingerprint density at radius 3 is 2.58 bits per heavy atom. The Balaban J connectivity index is 1.50. The molecule has 8 heteroatoms. The second-order valence-electron chi connectivity index (χ2n) is 11.5. The fourth-order valence-corrected chi connectivity index (χ4v) is 5.72. The smallest absolute Gasteiger partial charge is 0.303 e. The highest BCUT2D eigenvalue weighted by Gasteiger charge is 2.42. The number of nitrogens with one attached hydrogen (secondary N) is 1. The molecule has 0 saturated heterocycles. The molecule has 0 bridgehead atoms. The van der Waals surface area contributed by atoms with Gasteiger partial charge in [-0.25, -0.2) is 0 Å². The predicted molar refractivity (Wildman–Crippen MR) is 138 cm³/mol. The van der Waals surface area contributed by atoms with Crippen molar-refractivity contribution in [2.24, 2.45) is 11.3 Å². The van der Waals surface area contributed by atoms with Crippen molar-refractivity contribution in [2.75, 3.05) is 11.9 Å². The second kappa shape index (κ2) is 10.9. The second-order valence-corrected chi connectivity index (χ2v) is 12.0. The summed E-state index contributed by atoms with van der Waals surface area (Å²) in [5.41, 5.74) is 3.31. The third-order valence-corrected chi connectivity index (χ3v) is 7.88. The van der Waals surface area contributed by atoms with Crippen LogP contribution in [0.5, 0.6) is 0 Å². The van der Waals surface area contributed by atoms with E-state index in [4.69, 9.17) is 16.1 Å². The van der Waals surface area contributed by atoms with Crippen LogP contribution >= 0.6 is 11.6 Å². The fourth-order valence-electron chi connectivity index (χ4n) is 5.44. The molecule has 2 saturated carbocycles. The molecule has 2 fully saturated rings. The number of amides is 1. The number of benzene rings is 1. The number of rotatable bonds is 12. The van der Waals surface area contributed by atoms with E-state index in [0.717, 1.165) is 54.7 Å². The minimum Gasteiger partial charge on any atom is -0.481 e. The lowest BCUT2D eigenvalue weighted by atomic mass is 9.66. The van der Waals surface area contributed by atoms with E-state index in [-0.39, 0.29) is 36.7 Å². The van der Waals surface area contributed by atoms with Gasteiger partial charge in [0.05, 0.1) is 16.4 Å². The third kappa shape index (κ3) is 6.48. The first-order valence-corrected chi connectivity index (χ1v) is 13.3. The van der Waals surface area contributed by atoms with Crippen molar-refractivity contribution in [3.8, 4) is 0 Å². The summed E-state index contributed by atoms with van der Waals surface area (Å²) in [4.78, 5) is 24.4. The van der Waals surface area contributed by atoms with Crippen molar-refractivity contribution < 1.29 is 24.3 Å². The van der Waals surface area contributed by atoms with Crippen LogP contribution in [0.3, 0.4) is 0 Å². The summed E-state index contributed by atoms with van der Waals surface area (Å²) in [5, 5.41) is 26.7. The molecule has 3 N–H and O–H groups in total. The summed E-state index contributed by atoms with van der Waals surface area (Å²) < 4.78 is 5.93. The van der Waals surface area contributed by atoms with Gasteiger partial charge >= 0.3 is 5.97 Å².